The van der Waals surface area contributed by atoms with E-state index in [0.717, 1.165) is 16.8 Å². The van der Waals surface area contributed by atoms with Gasteiger partial charge in [-0.3, -0.25) is 0 Å². The number of halogens is 1. The Balaban J connectivity index is 2.42. The van der Waals surface area contributed by atoms with Gasteiger partial charge in [-0.15, -0.1) is 11.3 Å². The summed E-state index contributed by atoms with van der Waals surface area (Å²) in [5.74, 6) is 0. The Hall–Kier alpha value is -0.580. The van der Waals surface area contributed by atoms with Crippen molar-refractivity contribution in [3.63, 3.8) is 0 Å². The first-order chi connectivity index (χ1) is 8.13. The average Bonchev–Trinajstić information content (AvgIpc) is 2.82. The molecule has 0 aliphatic rings. The molecule has 0 aliphatic carbocycles. The number of furan rings is 1. The van der Waals surface area contributed by atoms with E-state index < -0.39 is 0 Å². The zero-order chi connectivity index (χ0) is 12.4. The van der Waals surface area contributed by atoms with Crippen LogP contribution in [0.5, 0.6) is 0 Å². The molecule has 1 atom stereocenters. The molecule has 2 nitrogen and oxygen atoms in total. The summed E-state index contributed by atoms with van der Waals surface area (Å²) in [6.07, 6.45) is 1.72. The lowest BCUT2D eigenvalue weighted by Gasteiger charge is -2.16. The summed E-state index contributed by atoms with van der Waals surface area (Å²) in [5.41, 5.74) is 2.50. The van der Waals surface area contributed by atoms with Gasteiger partial charge in [0.1, 0.15) is 0 Å². The summed E-state index contributed by atoms with van der Waals surface area (Å²) in [7, 11) is 0. The molecular weight excluding hydrogens is 298 g/mol. The normalized spacial score (nSPS) is 12.9. The van der Waals surface area contributed by atoms with Gasteiger partial charge in [-0.05, 0) is 54.0 Å². The van der Waals surface area contributed by atoms with Crippen LogP contribution in [0.1, 0.15) is 33.8 Å². The van der Waals surface area contributed by atoms with E-state index >= 15 is 0 Å². The number of hydrogen-bond acceptors (Lipinski definition) is 3. The summed E-state index contributed by atoms with van der Waals surface area (Å²) in [6.45, 7) is 7.36. The lowest BCUT2D eigenvalue weighted by atomic mass is 10.1. The fraction of sp³-hybridized carbons (Fsp3) is 0.385. The molecule has 92 valence electrons. The second kappa shape index (κ2) is 5.38. The molecule has 0 saturated heterocycles. The van der Waals surface area contributed by atoms with Crippen molar-refractivity contribution in [2.24, 2.45) is 0 Å². The number of thiophene rings is 1. The van der Waals surface area contributed by atoms with Crippen molar-refractivity contribution in [3.8, 4) is 0 Å². The maximum atomic E-state index is 5.34. The fourth-order valence-electron chi connectivity index (χ4n) is 2.00. The first kappa shape index (κ1) is 12.9. The minimum absolute atomic E-state index is 0.215. The molecule has 0 aromatic carbocycles. The molecule has 2 heterocycles. The summed E-state index contributed by atoms with van der Waals surface area (Å²) < 4.78 is 6.16. The van der Waals surface area contributed by atoms with Crippen molar-refractivity contribution in [3.05, 3.63) is 43.9 Å². The summed E-state index contributed by atoms with van der Waals surface area (Å²) in [4.78, 5) is 2.71. The molecule has 0 saturated carbocycles. The summed E-state index contributed by atoms with van der Waals surface area (Å²) in [6, 6.07) is 4.47. The highest BCUT2D eigenvalue weighted by atomic mass is 79.9. The van der Waals surface area contributed by atoms with Crippen LogP contribution in [0.15, 0.2) is 27.5 Å². The molecule has 0 spiro atoms. The predicted octanol–water partition coefficient (Wildman–Crippen LogP) is 4.42. The highest BCUT2D eigenvalue weighted by molar-refractivity contribution is 9.10. The monoisotopic (exact) mass is 313 g/mol. The van der Waals surface area contributed by atoms with Crippen LogP contribution in [0.2, 0.25) is 0 Å². The fourth-order valence-corrected chi connectivity index (χ4v) is 3.60. The minimum Gasteiger partial charge on any atom is -0.457 e. The summed E-state index contributed by atoms with van der Waals surface area (Å²) in [5, 5.41) is 3.52. The Morgan fingerprint density at radius 1 is 1.47 bits per heavy atom. The van der Waals surface area contributed by atoms with Crippen LogP contribution in [-0.2, 0) is 0 Å². The van der Waals surface area contributed by atoms with E-state index in [2.05, 4.69) is 48.1 Å². The van der Waals surface area contributed by atoms with Gasteiger partial charge in [0.05, 0.1) is 12.3 Å². The van der Waals surface area contributed by atoms with Crippen LogP contribution in [-0.4, -0.2) is 6.54 Å². The Morgan fingerprint density at radius 3 is 2.71 bits per heavy atom. The van der Waals surface area contributed by atoms with Gasteiger partial charge in [-0.25, -0.2) is 0 Å². The van der Waals surface area contributed by atoms with Crippen LogP contribution in [0.3, 0.4) is 0 Å². The van der Waals surface area contributed by atoms with E-state index in [-0.39, 0.29) is 6.04 Å². The SMILES string of the molecule is CCNC(c1ccoc1Br)c1sc(C)cc1C. The molecule has 2 aromatic heterocycles. The van der Waals surface area contributed by atoms with Crippen LogP contribution in [0.25, 0.3) is 0 Å². The highest BCUT2D eigenvalue weighted by Crippen LogP contribution is 2.35. The number of rotatable bonds is 4. The largest absolute Gasteiger partial charge is 0.457 e. The van der Waals surface area contributed by atoms with Crippen molar-refractivity contribution in [1.29, 1.82) is 0 Å². The van der Waals surface area contributed by atoms with Gasteiger partial charge >= 0.3 is 0 Å². The van der Waals surface area contributed by atoms with Crippen molar-refractivity contribution < 1.29 is 4.42 Å². The smallest absolute Gasteiger partial charge is 0.174 e. The molecule has 4 heteroatoms. The van der Waals surface area contributed by atoms with Gasteiger partial charge in [0.25, 0.3) is 0 Å². The van der Waals surface area contributed by atoms with E-state index in [1.165, 1.54) is 15.3 Å². The van der Waals surface area contributed by atoms with E-state index in [1.807, 2.05) is 17.4 Å². The zero-order valence-corrected chi connectivity index (χ0v) is 12.6. The second-order valence-corrected chi connectivity index (χ2v) is 6.05. The summed E-state index contributed by atoms with van der Waals surface area (Å²) >= 11 is 5.31. The molecule has 0 fully saturated rings. The van der Waals surface area contributed by atoms with Crippen molar-refractivity contribution >= 4 is 27.3 Å². The number of nitrogens with one attached hydrogen (secondary N) is 1. The van der Waals surface area contributed by atoms with Gasteiger partial charge in [0.2, 0.25) is 0 Å². The van der Waals surface area contributed by atoms with Crippen LogP contribution in [0, 0.1) is 13.8 Å². The average molecular weight is 314 g/mol. The van der Waals surface area contributed by atoms with Crippen molar-refractivity contribution in [1.82, 2.24) is 5.32 Å². The van der Waals surface area contributed by atoms with E-state index in [1.54, 1.807) is 6.26 Å². The lowest BCUT2D eigenvalue weighted by Crippen LogP contribution is -2.21. The third-order valence-electron chi connectivity index (χ3n) is 2.71. The molecule has 0 aliphatic heterocycles. The number of hydrogen-bond donors (Lipinski definition) is 1. The maximum absolute atomic E-state index is 5.34. The maximum Gasteiger partial charge on any atom is 0.174 e. The molecule has 17 heavy (non-hydrogen) atoms. The molecule has 0 amide bonds. The lowest BCUT2D eigenvalue weighted by molar-refractivity contribution is 0.527. The van der Waals surface area contributed by atoms with Crippen molar-refractivity contribution in [2.75, 3.05) is 6.54 Å². The molecule has 0 bridgehead atoms. The molecule has 2 rings (SSSR count). The third kappa shape index (κ3) is 2.64. The van der Waals surface area contributed by atoms with Crippen molar-refractivity contribution in [2.45, 2.75) is 26.8 Å². The van der Waals surface area contributed by atoms with Crippen LogP contribution >= 0.6 is 27.3 Å². The number of aryl methyl sites for hydroxylation is 2. The van der Waals surface area contributed by atoms with Gasteiger partial charge in [0, 0.05) is 15.3 Å². The minimum atomic E-state index is 0.215. The van der Waals surface area contributed by atoms with Gasteiger partial charge in [0.15, 0.2) is 4.67 Å². The van der Waals surface area contributed by atoms with E-state index in [4.69, 9.17) is 4.42 Å². The molecule has 1 unspecified atom stereocenters. The predicted molar refractivity (Wildman–Crippen MR) is 75.7 cm³/mol. The second-order valence-electron chi connectivity index (χ2n) is 4.04. The highest BCUT2D eigenvalue weighted by Gasteiger charge is 2.21. The molecule has 0 radical (unpaired) electrons. The molecular formula is C13H16BrNOS. The molecule has 1 N–H and O–H groups in total. The quantitative estimate of drug-likeness (QED) is 0.904. The zero-order valence-electron chi connectivity index (χ0n) is 10.2. The Labute approximate surface area is 114 Å². The van der Waals surface area contributed by atoms with Crippen LogP contribution < -0.4 is 5.32 Å². The Bertz CT molecular complexity index is 503. The first-order valence-corrected chi connectivity index (χ1v) is 7.27. The van der Waals surface area contributed by atoms with E-state index in [0.29, 0.717) is 0 Å². The Morgan fingerprint density at radius 2 is 2.24 bits per heavy atom. The standard InChI is InChI=1S/C13H16BrNOS/c1-4-15-11(10-5-6-16-13(10)14)12-8(2)7-9(3)17-12/h5-7,11,15H,4H2,1-3H3. The Kier molecular flexibility index (Phi) is 4.07. The third-order valence-corrected chi connectivity index (χ3v) is 4.57. The van der Waals surface area contributed by atoms with Gasteiger partial charge in [-0.1, -0.05) is 6.92 Å². The molecule has 2 aromatic rings. The van der Waals surface area contributed by atoms with Gasteiger partial charge in [-0.2, -0.15) is 0 Å². The topological polar surface area (TPSA) is 25.2 Å². The van der Waals surface area contributed by atoms with E-state index in [9.17, 15) is 0 Å². The van der Waals surface area contributed by atoms with Gasteiger partial charge < -0.3 is 9.73 Å². The first-order valence-electron chi connectivity index (χ1n) is 5.66. The van der Waals surface area contributed by atoms with Crippen LogP contribution in [0.4, 0.5) is 0 Å².